The van der Waals surface area contributed by atoms with Crippen LogP contribution in [0, 0.1) is 5.92 Å². The number of para-hydroxylation sites is 2. The Morgan fingerprint density at radius 2 is 1.72 bits per heavy atom. The van der Waals surface area contributed by atoms with E-state index < -0.39 is 5.97 Å². The number of amides is 3. The number of esters is 1. The van der Waals surface area contributed by atoms with Crippen molar-refractivity contribution in [1.82, 2.24) is 14.7 Å². The second kappa shape index (κ2) is 11.4. The molecular formula is C26H29N5O5. The van der Waals surface area contributed by atoms with E-state index in [1.54, 1.807) is 72.3 Å². The molecule has 0 spiro atoms. The van der Waals surface area contributed by atoms with Crippen molar-refractivity contribution in [2.45, 2.75) is 19.8 Å². The molecule has 0 unspecified atom stereocenters. The third-order valence-electron chi connectivity index (χ3n) is 5.97. The van der Waals surface area contributed by atoms with E-state index in [0.717, 1.165) is 5.69 Å². The van der Waals surface area contributed by atoms with Gasteiger partial charge in [-0.25, -0.2) is 14.3 Å². The molecule has 0 aliphatic carbocycles. The lowest BCUT2D eigenvalue weighted by Gasteiger charge is -2.31. The Morgan fingerprint density at radius 1 is 1.00 bits per heavy atom. The fourth-order valence-corrected chi connectivity index (χ4v) is 4.01. The molecule has 10 heteroatoms. The number of likely N-dealkylation sites (tertiary alicyclic amines) is 1. The van der Waals surface area contributed by atoms with Gasteiger partial charge in [-0.05, 0) is 62.2 Å². The van der Waals surface area contributed by atoms with Gasteiger partial charge < -0.3 is 25.0 Å². The molecule has 2 N–H and O–H groups in total. The highest BCUT2D eigenvalue weighted by atomic mass is 16.5. The topological polar surface area (TPSA) is 115 Å². The standard InChI is InChI=1S/C26H29N5O5/c1-3-36-25(33)22-14-17-31(29-22)20-10-8-19(9-11-20)27-26(34)30-15-12-18(13-16-30)24(32)28-21-6-4-5-7-23(21)35-2/h4-11,14,17-18H,3,12-13,15-16H2,1-2H3,(H,27,34)(H,28,32). The number of rotatable bonds is 7. The molecule has 1 aromatic heterocycles. The van der Waals surface area contributed by atoms with Gasteiger partial charge >= 0.3 is 12.0 Å². The number of piperidine rings is 1. The van der Waals surface area contributed by atoms with Crippen LogP contribution in [0.3, 0.4) is 0 Å². The first-order valence-corrected chi connectivity index (χ1v) is 11.8. The Labute approximate surface area is 209 Å². The van der Waals surface area contributed by atoms with E-state index in [1.807, 2.05) is 12.1 Å². The van der Waals surface area contributed by atoms with Crippen molar-refractivity contribution in [3.8, 4) is 11.4 Å². The van der Waals surface area contributed by atoms with Crippen LogP contribution in [0.15, 0.2) is 60.8 Å². The van der Waals surface area contributed by atoms with E-state index in [4.69, 9.17) is 9.47 Å². The summed E-state index contributed by atoms with van der Waals surface area (Å²) in [4.78, 5) is 39.0. The zero-order chi connectivity index (χ0) is 25.5. The molecular weight excluding hydrogens is 462 g/mol. The first-order valence-electron chi connectivity index (χ1n) is 11.8. The van der Waals surface area contributed by atoms with E-state index >= 15 is 0 Å². The number of nitrogens with zero attached hydrogens (tertiary/aromatic N) is 3. The Kier molecular flexibility index (Phi) is 7.84. The molecule has 4 rings (SSSR count). The lowest BCUT2D eigenvalue weighted by Crippen LogP contribution is -2.43. The molecule has 36 heavy (non-hydrogen) atoms. The number of methoxy groups -OCH3 is 1. The van der Waals surface area contributed by atoms with Crippen LogP contribution in [0.2, 0.25) is 0 Å². The zero-order valence-corrected chi connectivity index (χ0v) is 20.3. The molecule has 0 saturated carbocycles. The molecule has 2 aromatic carbocycles. The van der Waals surface area contributed by atoms with Crippen LogP contribution in [-0.2, 0) is 9.53 Å². The summed E-state index contributed by atoms with van der Waals surface area (Å²) in [5.74, 6) is -0.103. The van der Waals surface area contributed by atoms with Crippen LogP contribution < -0.4 is 15.4 Å². The van der Waals surface area contributed by atoms with Crippen LogP contribution in [0.1, 0.15) is 30.3 Å². The summed E-state index contributed by atoms with van der Waals surface area (Å²) in [6.45, 7) is 2.99. The maximum Gasteiger partial charge on any atom is 0.358 e. The maximum absolute atomic E-state index is 12.7. The summed E-state index contributed by atoms with van der Waals surface area (Å²) in [6, 6.07) is 15.8. The molecule has 10 nitrogen and oxygen atoms in total. The summed E-state index contributed by atoms with van der Waals surface area (Å²) in [6.07, 6.45) is 2.83. The van der Waals surface area contributed by atoms with Crippen molar-refractivity contribution in [3.05, 3.63) is 66.5 Å². The van der Waals surface area contributed by atoms with Gasteiger partial charge in [-0.15, -0.1) is 0 Å². The van der Waals surface area contributed by atoms with Gasteiger partial charge in [-0.3, -0.25) is 4.79 Å². The van der Waals surface area contributed by atoms with Crippen LogP contribution >= 0.6 is 0 Å². The van der Waals surface area contributed by atoms with Crippen LogP contribution in [0.5, 0.6) is 5.75 Å². The first-order chi connectivity index (χ1) is 17.5. The van der Waals surface area contributed by atoms with E-state index in [0.29, 0.717) is 43.1 Å². The largest absolute Gasteiger partial charge is 0.495 e. The lowest BCUT2D eigenvalue weighted by atomic mass is 9.96. The van der Waals surface area contributed by atoms with E-state index in [1.165, 1.54) is 0 Å². The second-order valence-corrected chi connectivity index (χ2v) is 8.29. The van der Waals surface area contributed by atoms with Crippen LogP contribution in [0.25, 0.3) is 5.69 Å². The molecule has 3 amide bonds. The Morgan fingerprint density at radius 3 is 2.42 bits per heavy atom. The second-order valence-electron chi connectivity index (χ2n) is 8.29. The number of ether oxygens (including phenoxy) is 2. The van der Waals surface area contributed by atoms with Gasteiger partial charge in [0.05, 0.1) is 25.1 Å². The van der Waals surface area contributed by atoms with Crippen LogP contribution in [-0.4, -0.2) is 59.4 Å². The van der Waals surface area contributed by atoms with Gasteiger partial charge in [-0.1, -0.05) is 12.1 Å². The van der Waals surface area contributed by atoms with Crippen molar-refractivity contribution in [2.75, 3.05) is 37.4 Å². The molecule has 0 bridgehead atoms. The van der Waals surface area contributed by atoms with Gasteiger partial charge in [0, 0.05) is 30.9 Å². The van der Waals surface area contributed by atoms with Crippen molar-refractivity contribution in [2.24, 2.45) is 5.92 Å². The number of hydrogen-bond donors (Lipinski definition) is 2. The summed E-state index contributed by atoms with van der Waals surface area (Å²) in [5, 5.41) is 10.1. The van der Waals surface area contributed by atoms with Crippen LogP contribution in [0.4, 0.5) is 16.2 Å². The number of carbonyl (C=O) groups excluding carboxylic acids is 3. The summed E-state index contributed by atoms with van der Waals surface area (Å²) >= 11 is 0. The fourth-order valence-electron chi connectivity index (χ4n) is 4.01. The number of urea groups is 1. The van der Waals surface area contributed by atoms with Gasteiger partial charge in [0.2, 0.25) is 5.91 Å². The predicted octanol–water partition coefficient (Wildman–Crippen LogP) is 3.94. The normalized spacial score (nSPS) is 13.7. The minimum atomic E-state index is -0.471. The molecule has 0 atom stereocenters. The number of nitrogens with one attached hydrogen (secondary N) is 2. The molecule has 188 valence electrons. The molecule has 1 fully saturated rings. The van der Waals surface area contributed by atoms with Crippen molar-refractivity contribution in [1.29, 1.82) is 0 Å². The highest BCUT2D eigenvalue weighted by molar-refractivity contribution is 5.94. The highest BCUT2D eigenvalue weighted by Crippen LogP contribution is 2.26. The lowest BCUT2D eigenvalue weighted by molar-refractivity contribution is -0.121. The fraction of sp³-hybridized carbons (Fsp3) is 0.308. The molecule has 1 aliphatic heterocycles. The molecule has 3 aromatic rings. The highest BCUT2D eigenvalue weighted by Gasteiger charge is 2.28. The minimum Gasteiger partial charge on any atom is -0.495 e. The van der Waals surface area contributed by atoms with Crippen molar-refractivity contribution < 1.29 is 23.9 Å². The molecule has 1 aliphatic rings. The molecule has 0 radical (unpaired) electrons. The third-order valence-corrected chi connectivity index (χ3v) is 5.97. The van der Waals surface area contributed by atoms with Gasteiger partial charge in [0.25, 0.3) is 0 Å². The van der Waals surface area contributed by atoms with Gasteiger partial charge in [0.15, 0.2) is 5.69 Å². The minimum absolute atomic E-state index is 0.0696. The number of anilines is 2. The predicted molar refractivity (Wildman–Crippen MR) is 134 cm³/mol. The smallest absolute Gasteiger partial charge is 0.358 e. The average Bonchev–Trinajstić information content (AvgIpc) is 3.40. The SMILES string of the molecule is CCOC(=O)c1ccn(-c2ccc(NC(=O)N3CCC(C(=O)Nc4ccccc4OC)CC3)cc2)n1. The van der Waals surface area contributed by atoms with E-state index in [9.17, 15) is 14.4 Å². The third kappa shape index (κ3) is 5.83. The van der Waals surface area contributed by atoms with Crippen molar-refractivity contribution in [3.63, 3.8) is 0 Å². The van der Waals surface area contributed by atoms with E-state index in [-0.39, 0.29) is 30.2 Å². The monoisotopic (exact) mass is 491 g/mol. The number of aromatic nitrogens is 2. The Balaban J connectivity index is 1.28. The van der Waals surface area contributed by atoms with Gasteiger partial charge in [-0.2, -0.15) is 5.10 Å². The summed E-state index contributed by atoms with van der Waals surface area (Å²) in [5.41, 5.74) is 2.25. The average molecular weight is 492 g/mol. The number of carbonyl (C=O) groups is 3. The zero-order valence-electron chi connectivity index (χ0n) is 20.3. The molecule has 2 heterocycles. The number of hydrogen-bond acceptors (Lipinski definition) is 6. The molecule has 1 saturated heterocycles. The Bertz CT molecular complexity index is 1220. The quantitative estimate of drug-likeness (QED) is 0.484. The van der Waals surface area contributed by atoms with Crippen molar-refractivity contribution >= 4 is 29.3 Å². The van der Waals surface area contributed by atoms with E-state index in [2.05, 4.69) is 15.7 Å². The Hall–Kier alpha value is -4.34. The summed E-state index contributed by atoms with van der Waals surface area (Å²) in [7, 11) is 1.56. The maximum atomic E-state index is 12.7. The number of benzene rings is 2. The van der Waals surface area contributed by atoms with Gasteiger partial charge in [0.1, 0.15) is 5.75 Å². The summed E-state index contributed by atoms with van der Waals surface area (Å²) < 4.78 is 11.8. The first kappa shape index (κ1) is 24.8.